The number of halogens is 2. The number of anilines is 1. The molecule has 0 aliphatic carbocycles. The fourth-order valence-corrected chi connectivity index (χ4v) is 2.20. The summed E-state index contributed by atoms with van der Waals surface area (Å²) in [5, 5.41) is 12.2. The topological polar surface area (TPSA) is 53.2 Å². The number of rotatable bonds is 3. The van der Waals surface area contributed by atoms with E-state index < -0.39 is 0 Å². The van der Waals surface area contributed by atoms with Gasteiger partial charge in [-0.15, -0.1) is 0 Å². The van der Waals surface area contributed by atoms with Gasteiger partial charge in [0.25, 0.3) is 5.91 Å². The molecule has 1 aromatic carbocycles. The Bertz CT molecular complexity index is 620. The highest BCUT2D eigenvalue weighted by Gasteiger charge is 2.11. The lowest BCUT2D eigenvalue weighted by Gasteiger charge is -2.07. The summed E-state index contributed by atoms with van der Waals surface area (Å²) in [6.45, 7) is 2.09. The number of hydrogen-bond acceptors (Lipinski definition) is 2. The van der Waals surface area contributed by atoms with Crippen LogP contribution in [0, 0.1) is 6.92 Å². The Hall–Kier alpha value is -1.59. The van der Waals surface area contributed by atoms with Crippen LogP contribution in [0.4, 0.5) is 5.69 Å². The largest absolute Gasteiger partial charge is 1.00 e. The summed E-state index contributed by atoms with van der Waals surface area (Å²) < 4.78 is 2.60. The lowest BCUT2D eigenvalue weighted by molar-refractivity contribution is -0.684. The third kappa shape index (κ3) is 4.51. The molecule has 1 amide bonds. The second-order valence-corrected chi connectivity index (χ2v) is 5.16. The van der Waals surface area contributed by atoms with Crippen molar-refractivity contribution in [3.63, 3.8) is 0 Å². The molecule has 1 heterocycles. The van der Waals surface area contributed by atoms with E-state index in [0.29, 0.717) is 0 Å². The summed E-state index contributed by atoms with van der Waals surface area (Å²) in [5.41, 5.74) is 1.78. The molecule has 4 nitrogen and oxygen atoms in total. The van der Waals surface area contributed by atoms with Gasteiger partial charge in [0.1, 0.15) is 0 Å². The predicted molar refractivity (Wildman–Crippen MR) is 75.8 cm³/mol. The average Bonchev–Trinajstić information content (AvgIpc) is 2.33. The molecule has 0 unspecified atom stereocenters. The van der Waals surface area contributed by atoms with Crippen molar-refractivity contribution >= 4 is 27.5 Å². The van der Waals surface area contributed by atoms with E-state index in [1.807, 2.05) is 25.1 Å². The van der Waals surface area contributed by atoms with E-state index in [2.05, 4.69) is 21.2 Å². The third-order valence-corrected chi connectivity index (χ3v) is 3.12. The lowest BCUT2D eigenvalue weighted by Crippen LogP contribution is -3.00. The zero-order valence-electron chi connectivity index (χ0n) is 10.8. The molecule has 0 bridgehead atoms. The first-order chi connectivity index (χ1) is 9.04. The molecular weight excluding hydrogens is 344 g/mol. The minimum atomic E-state index is -0.138. The fourth-order valence-electron chi connectivity index (χ4n) is 1.73. The first-order valence-electron chi connectivity index (χ1n) is 5.78. The van der Waals surface area contributed by atoms with Crippen molar-refractivity contribution in [3.8, 4) is 5.75 Å². The van der Waals surface area contributed by atoms with E-state index in [0.717, 1.165) is 15.7 Å². The van der Waals surface area contributed by atoms with Crippen LogP contribution in [0.15, 0.2) is 47.2 Å². The van der Waals surface area contributed by atoms with Crippen LogP contribution in [0.3, 0.4) is 0 Å². The first kappa shape index (κ1) is 16.5. The van der Waals surface area contributed by atoms with Gasteiger partial charge >= 0.3 is 0 Å². The van der Waals surface area contributed by atoms with Gasteiger partial charge in [-0.2, -0.15) is 4.57 Å². The van der Waals surface area contributed by atoms with Crippen LogP contribution in [0.1, 0.15) is 5.56 Å². The number of benzene rings is 1. The number of nitrogens with one attached hydrogen (secondary N) is 1. The number of amides is 1. The fraction of sp³-hybridized carbons (Fsp3) is 0.143. The van der Waals surface area contributed by atoms with E-state index in [1.165, 1.54) is 6.20 Å². The molecule has 0 radical (unpaired) electrons. The second-order valence-electron chi connectivity index (χ2n) is 4.24. The molecule has 1 aromatic heterocycles. The molecule has 0 saturated heterocycles. The Labute approximate surface area is 132 Å². The summed E-state index contributed by atoms with van der Waals surface area (Å²) in [7, 11) is 0. The monoisotopic (exact) mass is 356 g/mol. The predicted octanol–water partition coefficient (Wildman–Crippen LogP) is -0.607. The Morgan fingerprint density at radius 1 is 1.40 bits per heavy atom. The Balaban J connectivity index is 0.00000200. The van der Waals surface area contributed by atoms with Gasteiger partial charge in [0.15, 0.2) is 11.9 Å². The molecule has 0 spiro atoms. The molecule has 0 aliphatic heterocycles. The molecule has 0 aliphatic rings. The number of carbonyl (C=O) groups is 1. The molecule has 0 saturated carbocycles. The minimum absolute atomic E-state index is 0. The highest BCUT2D eigenvalue weighted by atomic mass is 79.9. The lowest BCUT2D eigenvalue weighted by atomic mass is 10.2. The number of nitrogens with zero attached hydrogens (tertiary/aromatic N) is 1. The average molecular weight is 358 g/mol. The van der Waals surface area contributed by atoms with E-state index in [-0.39, 0.29) is 30.6 Å². The van der Waals surface area contributed by atoms with Crippen LogP contribution in [-0.4, -0.2) is 11.0 Å². The van der Waals surface area contributed by atoms with Crippen LogP contribution in [0.5, 0.6) is 5.75 Å². The standard InChI is InChI=1S/C14H13BrN2O2.ClH/c1-10-7-11(15)4-5-13(10)16-14(19)9-17-6-2-3-12(18)8-17;/h2-8H,9H2,1H3,(H-,16,18,19);1H. The number of aromatic nitrogens is 1. The van der Waals surface area contributed by atoms with Gasteiger partial charge < -0.3 is 22.8 Å². The number of carbonyl (C=O) groups excluding carboxylic acids is 1. The molecule has 2 rings (SSSR count). The van der Waals surface area contributed by atoms with Crippen LogP contribution in [0.25, 0.3) is 0 Å². The summed E-state index contributed by atoms with van der Waals surface area (Å²) in [6.07, 6.45) is 3.24. The molecule has 20 heavy (non-hydrogen) atoms. The summed E-state index contributed by atoms with van der Waals surface area (Å²) in [4.78, 5) is 11.9. The quantitative estimate of drug-likeness (QED) is 0.721. The van der Waals surface area contributed by atoms with Crippen molar-refractivity contribution in [2.45, 2.75) is 13.5 Å². The number of aryl methyl sites for hydroxylation is 1. The number of pyridine rings is 1. The van der Waals surface area contributed by atoms with Crippen molar-refractivity contribution < 1.29 is 26.9 Å². The maximum atomic E-state index is 11.9. The first-order valence-corrected chi connectivity index (χ1v) is 6.58. The summed E-state index contributed by atoms with van der Waals surface area (Å²) in [5.74, 6) is -0.00357. The third-order valence-electron chi connectivity index (χ3n) is 2.63. The normalized spacial score (nSPS) is 9.70. The van der Waals surface area contributed by atoms with E-state index in [1.54, 1.807) is 22.9 Å². The maximum Gasteiger partial charge on any atom is 0.290 e. The minimum Gasteiger partial charge on any atom is -1.00 e. The Kier molecular flexibility index (Phi) is 5.98. The maximum absolute atomic E-state index is 11.9. The van der Waals surface area contributed by atoms with Gasteiger partial charge in [-0.05, 0) is 36.8 Å². The zero-order valence-corrected chi connectivity index (χ0v) is 13.1. The van der Waals surface area contributed by atoms with Crippen molar-refractivity contribution in [2.75, 3.05) is 5.32 Å². The van der Waals surface area contributed by atoms with E-state index in [9.17, 15) is 9.90 Å². The highest BCUT2D eigenvalue weighted by Crippen LogP contribution is 2.19. The van der Waals surface area contributed by atoms with Crippen LogP contribution < -0.4 is 22.3 Å². The zero-order chi connectivity index (χ0) is 13.8. The van der Waals surface area contributed by atoms with Crippen molar-refractivity contribution in [2.24, 2.45) is 0 Å². The van der Waals surface area contributed by atoms with Crippen LogP contribution in [-0.2, 0) is 11.3 Å². The number of aromatic hydroxyl groups is 1. The molecule has 106 valence electrons. The van der Waals surface area contributed by atoms with Crippen molar-refractivity contribution in [1.29, 1.82) is 0 Å². The summed E-state index contributed by atoms with van der Waals surface area (Å²) in [6, 6.07) is 8.92. The summed E-state index contributed by atoms with van der Waals surface area (Å²) >= 11 is 3.38. The number of hydrogen-bond donors (Lipinski definition) is 2. The SMILES string of the molecule is Cc1cc(Br)ccc1NC(=O)C[n+]1cccc(O)c1.[Cl-]. The Morgan fingerprint density at radius 3 is 2.80 bits per heavy atom. The van der Waals surface area contributed by atoms with E-state index in [4.69, 9.17) is 0 Å². The Morgan fingerprint density at radius 2 is 2.15 bits per heavy atom. The van der Waals surface area contributed by atoms with Crippen molar-refractivity contribution in [1.82, 2.24) is 0 Å². The molecular formula is C14H14BrClN2O2. The molecule has 2 aromatic rings. The van der Waals surface area contributed by atoms with E-state index >= 15 is 0 Å². The van der Waals surface area contributed by atoms with Crippen LogP contribution >= 0.6 is 15.9 Å². The van der Waals surface area contributed by atoms with Gasteiger partial charge in [0.2, 0.25) is 12.7 Å². The molecule has 2 N–H and O–H groups in total. The highest BCUT2D eigenvalue weighted by molar-refractivity contribution is 9.10. The van der Waals surface area contributed by atoms with Gasteiger partial charge in [0, 0.05) is 16.2 Å². The molecule has 0 fully saturated rings. The van der Waals surface area contributed by atoms with Gasteiger partial charge in [-0.25, -0.2) is 0 Å². The van der Waals surface area contributed by atoms with Gasteiger partial charge in [-0.3, -0.25) is 4.79 Å². The second kappa shape index (κ2) is 7.26. The van der Waals surface area contributed by atoms with Gasteiger partial charge in [-0.1, -0.05) is 15.9 Å². The van der Waals surface area contributed by atoms with Crippen LogP contribution in [0.2, 0.25) is 0 Å². The van der Waals surface area contributed by atoms with Crippen molar-refractivity contribution in [3.05, 3.63) is 52.8 Å². The molecule has 6 heteroatoms. The molecule has 0 atom stereocenters. The van der Waals surface area contributed by atoms with Gasteiger partial charge in [0.05, 0.1) is 0 Å². The smallest absolute Gasteiger partial charge is 0.290 e.